The first-order valence-electron chi connectivity index (χ1n) is 15.8. The molecule has 0 N–H and O–H groups in total. The zero-order valence-electron chi connectivity index (χ0n) is 26.0. The van der Waals surface area contributed by atoms with E-state index in [1.165, 1.54) is 10.8 Å². The van der Waals surface area contributed by atoms with Crippen molar-refractivity contribution in [3.8, 4) is 73.6 Å². The maximum absolute atomic E-state index is 9.39. The summed E-state index contributed by atoms with van der Waals surface area (Å²) in [4.78, 5) is 14.8. The molecular formula is C44H28N4. The minimum absolute atomic E-state index is 0.621. The molecule has 0 amide bonds. The van der Waals surface area contributed by atoms with Crippen LogP contribution in [-0.4, -0.2) is 15.0 Å². The van der Waals surface area contributed by atoms with Crippen molar-refractivity contribution in [1.29, 1.82) is 5.26 Å². The average molecular weight is 613 g/mol. The summed E-state index contributed by atoms with van der Waals surface area (Å²) in [6, 6.07) is 60.0. The smallest absolute Gasteiger partial charge is 0.164 e. The molecule has 0 fully saturated rings. The van der Waals surface area contributed by atoms with Gasteiger partial charge < -0.3 is 0 Å². The Morgan fingerprint density at radius 2 is 0.917 bits per heavy atom. The first-order valence-corrected chi connectivity index (χ1v) is 15.8. The van der Waals surface area contributed by atoms with Crippen LogP contribution in [0, 0.1) is 11.3 Å². The Hall–Kier alpha value is -6.70. The molecule has 0 aliphatic heterocycles. The molecule has 0 atom stereocenters. The van der Waals surface area contributed by atoms with E-state index >= 15 is 0 Å². The second-order valence-corrected chi connectivity index (χ2v) is 11.6. The maximum atomic E-state index is 9.39. The van der Waals surface area contributed by atoms with E-state index in [0.717, 1.165) is 50.1 Å². The summed E-state index contributed by atoms with van der Waals surface area (Å²) < 4.78 is 0. The summed E-state index contributed by atoms with van der Waals surface area (Å²) in [6.07, 6.45) is 0. The molecule has 0 aliphatic carbocycles. The lowest BCUT2D eigenvalue weighted by molar-refractivity contribution is 1.07. The standard InChI is InChI=1S/C44H28N4/c45-29-30-11-9-17-36(27-30)31-21-23-33(24-22-31)40-26-25-32-12-7-8-20-39(32)41(40)37-18-10-19-38(28-37)44-47-42(34-13-3-1-4-14-34)46-43(48-44)35-15-5-2-6-16-35/h1-28H. The quantitative estimate of drug-likeness (QED) is 0.187. The second-order valence-electron chi connectivity index (χ2n) is 11.6. The lowest BCUT2D eigenvalue weighted by Gasteiger charge is -2.16. The molecular weight excluding hydrogens is 585 g/mol. The van der Waals surface area contributed by atoms with E-state index in [1.54, 1.807) is 0 Å². The normalized spacial score (nSPS) is 10.9. The third kappa shape index (κ3) is 5.62. The van der Waals surface area contributed by atoms with Gasteiger partial charge in [-0.15, -0.1) is 0 Å². The molecule has 0 aliphatic rings. The van der Waals surface area contributed by atoms with Crippen LogP contribution < -0.4 is 0 Å². The molecule has 0 spiro atoms. The average Bonchev–Trinajstić information content (AvgIpc) is 3.18. The molecule has 48 heavy (non-hydrogen) atoms. The molecule has 1 heterocycles. The van der Waals surface area contributed by atoms with Crippen molar-refractivity contribution >= 4 is 10.8 Å². The summed E-state index contributed by atoms with van der Waals surface area (Å²) in [6.45, 7) is 0. The molecule has 0 unspecified atom stereocenters. The van der Waals surface area contributed by atoms with Crippen LogP contribution in [0.15, 0.2) is 170 Å². The van der Waals surface area contributed by atoms with Crippen molar-refractivity contribution in [3.63, 3.8) is 0 Å². The van der Waals surface area contributed by atoms with Gasteiger partial charge in [0, 0.05) is 16.7 Å². The van der Waals surface area contributed by atoms with Crippen molar-refractivity contribution in [2.45, 2.75) is 0 Å². The SMILES string of the molecule is N#Cc1cccc(-c2ccc(-c3ccc4ccccc4c3-c3cccc(-c4nc(-c5ccccc5)nc(-c5ccccc5)n4)c3)cc2)c1. The van der Waals surface area contributed by atoms with Crippen LogP contribution >= 0.6 is 0 Å². The minimum atomic E-state index is 0.621. The van der Waals surface area contributed by atoms with Gasteiger partial charge in [-0.1, -0.05) is 152 Å². The van der Waals surface area contributed by atoms with Gasteiger partial charge >= 0.3 is 0 Å². The highest BCUT2D eigenvalue weighted by Crippen LogP contribution is 2.40. The Balaban J connectivity index is 1.27. The van der Waals surface area contributed by atoms with Gasteiger partial charge in [-0.05, 0) is 62.4 Å². The van der Waals surface area contributed by atoms with Gasteiger partial charge in [0.1, 0.15) is 0 Å². The second kappa shape index (κ2) is 12.6. The maximum Gasteiger partial charge on any atom is 0.164 e. The van der Waals surface area contributed by atoms with Gasteiger partial charge in [-0.3, -0.25) is 0 Å². The third-order valence-electron chi connectivity index (χ3n) is 8.56. The monoisotopic (exact) mass is 612 g/mol. The van der Waals surface area contributed by atoms with Crippen LogP contribution in [0.4, 0.5) is 0 Å². The summed E-state index contributed by atoms with van der Waals surface area (Å²) >= 11 is 0. The van der Waals surface area contributed by atoms with Crippen LogP contribution in [0.2, 0.25) is 0 Å². The topological polar surface area (TPSA) is 62.5 Å². The van der Waals surface area contributed by atoms with E-state index in [4.69, 9.17) is 15.0 Å². The van der Waals surface area contributed by atoms with E-state index in [0.29, 0.717) is 23.0 Å². The molecule has 224 valence electrons. The lowest BCUT2D eigenvalue weighted by Crippen LogP contribution is -2.00. The van der Waals surface area contributed by atoms with Crippen molar-refractivity contribution in [2.24, 2.45) is 0 Å². The Labute approximate surface area is 279 Å². The van der Waals surface area contributed by atoms with Crippen LogP contribution in [0.1, 0.15) is 5.56 Å². The highest BCUT2D eigenvalue weighted by Gasteiger charge is 2.16. The first kappa shape index (κ1) is 28.8. The van der Waals surface area contributed by atoms with Crippen LogP contribution in [0.5, 0.6) is 0 Å². The molecule has 0 saturated heterocycles. The number of aromatic nitrogens is 3. The number of nitriles is 1. The van der Waals surface area contributed by atoms with E-state index in [9.17, 15) is 5.26 Å². The third-order valence-corrected chi connectivity index (χ3v) is 8.56. The molecule has 8 aromatic rings. The molecule has 0 bridgehead atoms. The highest BCUT2D eigenvalue weighted by atomic mass is 15.0. The Morgan fingerprint density at radius 1 is 0.375 bits per heavy atom. The van der Waals surface area contributed by atoms with Crippen molar-refractivity contribution in [2.75, 3.05) is 0 Å². The lowest BCUT2D eigenvalue weighted by atomic mass is 9.88. The molecule has 1 aromatic heterocycles. The fraction of sp³-hybridized carbons (Fsp3) is 0. The zero-order chi connectivity index (χ0) is 32.3. The number of rotatable bonds is 6. The largest absolute Gasteiger partial charge is 0.208 e. The fourth-order valence-electron chi connectivity index (χ4n) is 6.19. The van der Waals surface area contributed by atoms with Gasteiger partial charge in [0.05, 0.1) is 11.6 Å². The number of hydrogen-bond acceptors (Lipinski definition) is 4. The van der Waals surface area contributed by atoms with Crippen LogP contribution in [0.3, 0.4) is 0 Å². The van der Waals surface area contributed by atoms with Crippen molar-refractivity contribution in [1.82, 2.24) is 15.0 Å². The van der Waals surface area contributed by atoms with E-state index in [2.05, 4.69) is 91.0 Å². The van der Waals surface area contributed by atoms with Crippen molar-refractivity contribution < 1.29 is 0 Å². The highest BCUT2D eigenvalue weighted by molar-refractivity contribution is 6.04. The number of fused-ring (bicyclic) bond motifs is 1. The van der Waals surface area contributed by atoms with Crippen LogP contribution in [0.25, 0.3) is 78.3 Å². The summed E-state index contributed by atoms with van der Waals surface area (Å²) in [5, 5.41) is 11.7. The molecule has 0 radical (unpaired) electrons. The Bertz CT molecular complexity index is 2390. The van der Waals surface area contributed by atoms with Gasteiger partial charge in [-0.2, -0.15) is 5.26 Å². The Kier molecular flexibility index (Phi) is 7.54. The molecule has 4 nitrogen and oxygen atoms in total. The zero-order valence-corrected chi connectivity index (χ0v) is 26.0. The summed E-state index contributed by atoms with van der Waals surface area (Å²) in [7, 11) is 0. The minimum Gasteiger partial charge on any atom is -0.208 e. The first-order chi connectivity index (χ1) is 23.7. The molecule has 7 aromatic carbocycles. The fourth-order valence-corrected chi connectivity index (χ4v) is 6.19. The van der Waals surface area contributed by atoms with Crippen molar-refractivity contribution in [3.05, 3.63) is 175 Å². The number of nitrogens with zero attached hydrogens (tertiary/aromatic N) is 4. The number of benzene rings is 7. The molecule has 8 rings (SSSR count). The van der Waals surface area contributed by atoms with Gasteiger partial charge in [0.2, 0.25) is 0 Å². The van der Waals surface area contributed by atoms with E-state index in [1.807, 2.05) is 84.9 Å². The Morgan fingerprint density at radius 3 is 1.60 bits per heavy atom. The van der Waals surface area contributed by atoms with Gasteiger partial charge in [0.25, 0.3) is 0 Å². The summed E-state index contributed by atoms with van der Waals surface area (Å²) in [5.41, 5.74) is 10.00. The predicted octanol–water partition coefficient (Wildman–Crippen LogP) is 10.9. The predicted molar refractivity (Wildman–Crippen MR) is 195 cm³/mol. The van der Waals surface area contributed by atoms with Crippen LogP contribution in [-0.2, 0) is 0 Å². The molecule has 4 heteroatoms. The number of hydrogen-bond donors (Lipinski definition) is 0. The van der Waals surface area contributed by atoms with Gasteiger partial charge in [0.15, 0.2) is 17.5 Å². The van der Waals surface area contributed by atoms with E-state index in [-0.39, 0.29) is 0 Å². The van der Waals surface area contributed by atoms with E-state index < -0.39 is 0 Å². The molecule has 0 saturated carbocycles. The summed E-state index contributed by atoms with van der Waals surface area (Å²) in [5.74, 6) is 1.89. The van der Waals surface area contributed by atoms with Gasteiger partial charge in [-0.25, -0.2) is 15.0 Å².